The summed E-state index contributed by atoms with van der Waals surface area (Å²) < 4.78 is 4.62. The van der Waals surface area contributed by atoms with Crippen molar-refractivity contribution in [2.75, 3.05) is 7.11 Å². The molecule has 0 aliphatic heterocycles. The third-order valence-corrected chi connectivity index (χ3v) is 3.54. The number of methoxy groups -OCH3 is 1. The summed E-state index contributed by atoms with van der Waals surface area (Å²) in [6.45, 7) is 1.89. The van der Waals surface area contributed by atoms with Gasteiger partial charge in [0.15, 0.2) is 0 Å². The lowest BCUT2D eigenvalue weighted by Crippen LogP contribution is -2.26. The molecule has 0 unspecified atom stereocenters. The van der Waals surface area contributed by atoms with Gasteiger partial charge in [-0.3, -0.25) is 4.79 Å². The third-order valence-electron chi connectivity index (χ3n) is 3.29. The number of halogens is 1. The molecule has 0 saturated heterocycles. The molecule has 0 saturated carbocycles. The van der Waals surface area contributed by atoms with Crippen LogP contribution in [-0.2, 0) is 4.74 Å². The molecule has 2 aromatic rings. The molecule has 1 atom stereocenters. The minimum Gasteiger partial charge on any atom is -0.465 e. The number of amides is 1. The van der Waals surface area contributed by atoms with Gasteiger partial charge in [-0.25, -0.2) is 4.79 Å². The predicted molar refractivity (Wildman–Crippen MR) is 85.1 cm³/mol. The summed E-state index contributed by atoms with van der Waals surface area (Å²) >= 11 is 5.85. The fourth-order valence-corrected chi connectivity index (χ4v) is 2.12. The molecule has 0 aliphatic rings. The van der Waals surface area contributed by atoms with Crippen molar-refractivity contribution in [2.24, 2.45) is 0 Å². The van der Waals surface area contributed by atoms with Crippen molar-refractivity contribution >= 4 is 23.5 Å². The van der Waals surface area contributed by atoms with Crippen LogP contribution >= 0.6 is 11.6 Å². The number of hydrogen-bond acceptors (Lipinski definition) is 3. The lowest BCUT2D eigenvalue weighted by molar-refractivity contribution is 0.0600. The van der Waals surface area contributed by atoms with Crippen LogP contribution in [0, 0.1) is 0 Å². The van der Waals surface area contributed by atoms with Gasteiger partial charge in [-0.15, -0.1) is 0 Å². The fraction of sp³-hybridized carbons (Fsp3) is 0.176. The Bertz CT molecular complexity index is 665. The summed E-state index contributed by atoms with van der Waals surface area (Å²) in [5.74, 6) is -0.639. The van der Waals surface area contributed by atoms with E-state index in [9.17, 15) is 9.59 Å². The van der Waals surface area contributed by atoms with E-state index >= 15 is 0 Å². The first-order valence-corrected chi connectivity index (χ1v) is 7.14. The third kappa shape index (κ3) is 3.86. The SMILES string of the molecule is COC(=O)c1ccc(C(=O)N[C@@H](C)c2ccc(Cl)cc2)cc1. The highest BCUT2D eigenvalue weighted by atomic mass is 35.5. The maximum atomic E-state index is 12.2. The monoisotopic (exact) mass is 317 g/mol. The topological polar surface area (TPSA) is 55.4 Å². The van der Waals surface area contributed by atoms with E-state index in [4.69, 9.17) is 11.6 Å². The zero-order valence-corrected chi connectivity index (χ0v) is 13.1. The van der Waals surface area contributed by atoms with Crippen LogP contribution in [0.4, 0.5) is 0 Å². The summed E-state index contributed by atoms with van der Waals surface area (Å²) in [4.78, 5) is 23.5. The maximum Gasteiger partial charge on any atom is 0.337 e. The Morgan fingerprint density at radius 1 is 1.00 bits per heavy atom. The van der Waals surface area contributed by atoms with E-state index in [-0.39, 0.29) is 11.9 Å². The summed E-state index contributed by atoms with van der Waals surface area (Å²) in [6, 6.07) is 13.5. The highest BCUT2D eigenvalue weighted by Gasteiger charge is 2.12. The van der Waals surface area contributed by atoms with Crippen molar-refractivity contribution in [3.63, 3.8) is 0 Å². The standard InChI is InChI=1S/C17H16ClNO3/c1-11(12-7-9-15(18)10-8-12)19-16(20)13-3-5-14(6-4-13)17(21)22-2/h3-11H,1-2H3,(H,19,20)/t11-/m0/s1. The van der Waals surface area contributed by atoms with E-state index in [1.165, 1.54) is 7.11 Å². The molecule has 0 bridgehead atoms. The van der Waals surface area contributed by atoms with Crippen LogP contribution in [-0.4, -0.2) is 19.0 Å². The smallest absolute Gasteiger partial charge is 0.337 e. The Morgan fingerprint density at radius 2 is 1.55 bits per heavy atom. The Balaban J connectivity index is 2.05. The molecule has 1 N–H and O–H groups in total. The van der Waals surface area contributed by atoms with Gasteiger partial charge in [0, 0.05) is 10.6 Å². The minimum atomic E-state index is -0.429. The molecule has 2 rings (SSSR count). The van der Waals surface area contributed by atoms with Gasteiger partial charge in [0.1, 0.15) is 0 Å². The van der Waals surface area contributed by atoms with Crippen molar-refractivity contribution in [2.45, 2.75) is 13.0 Å². The van der Waals surface area contributed by atoms with Crippen LogP contribution < -0.4 is 5.32 Å². The highest BCUT2D eigenvalue weighted by molar-refractivity contribution is 6.30. The van der Waals surface area contributed by atoms with Crippen molar-refractivity contribution in [3.8, 4) is 0 Å². The first-order chi connectivity index (χ1) is 10.5. The number of nitrogens with one attached hydrogen (secondary N) is 1. The van der Waals surface area contributed by atoms with Crippen LogP contribution in [0.2, 0.25) is 5.02 Å². The number of benzene rings is 2. The summed E-state index contributed by atoms with van der Waals surface area (Å²) in [7, 11) is 1.32. The minimum absolute atomic E-state index is 0.148. The number of hydrogen-bond donors (Lipinski definition) is 1. The normalized spacial score (nSPS) is 11.6. The molecule has 0 radical (unpaired) electrons. The lowest BCUT2D eigenvalue weighted by atomic mass is 10.1. The largest absolute Gasteiger partial charge is 0.465 e. The van der Waals surface area contributed by atoms with Crippen molar-refractivity contribution < 1.29 is 14.3 Å². The van der Waals surface area contributed by atoms with Gasteiger partial charge in [-0.05, 0) is 48.9 Å². The number of rotatable bonds is 4. The zero-order valence-electron chi connectivity index (χ0n) is 12.3. The van der Waals surface area contributed by atoms with Crippen LogP contribution in [0.25, 0.3) is 0 Å². The van der Waals surface area contributed by atoms with Gasteiger partial charge in [0.25, 0.3) is 5.91 Å². The molecule has 0 heterocycles. The second kappa shape index (κ2) is 7.09. The van der Waals surface area contributed by atoms with Crippen LogP contribution in [0.3, 0.4) is 0 Å². The van der Waals surface area contributed by atoms with E-state index in [1.54, 1.807) is 36.4 Å². The Hall–Kier alpha value is -2.33. The Kier molecular flexibility index (Phi) is 5.17. The highest BCUT2D eigenvalue weighted by Crippen LogP contribution is 2.16. The van der Waals surface area contributed by atoms with E-state index in [1.807, 2.05) is 19.1 Å². The fourth-order valence-electron chi connectivity index (χ4n) is 1.99. The summed E-state index contributed by atoms with van der Waals surface area (Å²) in [5, 5.41) is 3.55. The molecule has 114 valence electrons. The van der Waals surface area contributed by atoms with Crippen LogP contribution in [0.15, 0.2) is 48.5 Å². The molecule has 5 heteroatoms. The maximum absolute atomic E-state index is 12.2. The van der Waals surface area contributed by atoms with Gasteiger partial charge >= 0.3 is 5.97 Å². The number of ether oxygens (including phenoxy) is 1. The average molecular weight is 318 g/mol. The lowest BCUT2D eigenvalue weighted by Gasteiger charge is -2.14. The van der Waals surface area contributed by atoms with Gasteiger partial charge in [0.2, 0.25) is 0 Å². The molecule has 4 nitrogen and oxygen atoms in total. The second-order valence-electron chi connectivity index (χ2n) is 4.82. The second-order valence-corrected chi connectivity index (χ2v) is 5.25. The van der Waals surface area contributed by atoms with E-state index in [0.29, 0.717) is 16.1 Å². The summed E-state index contributed by atoms with van der Waals surface area (Å²) in [5.41, 5.74) is 1.85. The van der Waals surface area contributed by atoms with Gasteiger partial charge in [0.05, 0.1) is 18.7 Å². The molecule has 1 amide bonds. The van der Waals surface area contributed by atoms with Crippen molar-refractivity contribution in [1.82, 2.24) is 5.32 Å². The van der Waals surface area contributed by atoms with E-state index in [0.717, 1.165) is 5.56 Å². The predicted octanol–water partition coefficient (Wildman–Crippen LogP) is 3.62. The summed E-state index contributed by atoms with van der Waals surface area (Å²) in [6.07, 6.45) is 0. The molecule has 0 aromatic heterocycles. The first-order valence-electron chi connectivity index (χ1n) is 6.76. The molecular formula is C17H16ClNO3. The van der Waals surface area contributed by atoms with Crippen molar-refractivity contribution in [3.05, 3.63) is 70.2 Å². The van der Waals surface area contributed by atoms with Gasteiger partial charge in [-0.1, -0.05) is 23.7 Å². The van der Waals surface area contributed by atoms with Gasteiger partial charge < -0.3 is 10.1 Å². The quantitative estimate of drug-likeness (QED) is 0.876. The Labute approximate surface area is 134 Å². The molecule has 0 fully saturated rings. The molecule has 2 aromatic carbocycles. The molecular weight excluding hydrogens is 302 g/mol. The molecule has 0 aliphatic carbocycles. The van der Waals surface area contributed by atoms with Crippen LogP contribution in [0.5, 0.6) is 0 Å². The van der Waals surface area contributed by atoms with Crippen LogP contribution in [0.1, 0.15) is 39.2 Å². The number of esters is 1. The molecule has 0 spiro atoms. The average Bonchev–Trinajstić information content (AvgIpc) is 2.54. The number of carbonyl (C=O) groups excluding carboxylic acids is 2. The van der Waals surface area contributed by atoms with Gasteiger partial charge in [-0.2, -0.15) is 0 Å². The van der Waals surface area contributed by atoms with E-state index < -0.39 is 5.97 Å². The van der Waals surface area contributed by atoms with E-state index in [2.05, 4.69) is 10.1 Å². The first kappa shape index (κ1) is 16.0. The van der Waals surface area contributed by atoms with Crippen molar-refractivity contribution in [1.29, 1.82) is 0 Å². The Morgan fingerprint density at radius 3 is 2.09 bits per heavy atom. The number of carbonyl (C=O) groups is 2. The zero-order chi connectivity index (χ0) is 16.1. The molecule has 22 heavy (non-hydrogen) atoms.